The van der Waals surface area contributed by atoms with Crippen LogP contribution in [0.1, 0.15) is 0 Å². The molecule has 0 aromatic carbocycles. The van der Waals surface area contributed by atoms with Crippen molar-refractivity contribution in [3.8, 4) is 0 Å². The molecule has 0 aromatic heterocycles. The topological polar surface area (TPSA) is 46.2 Å². The Bertz CT molecular complexity index is 30.7. The van der Waals surface area contributed by atoms with Gasteiger partial charge in [-0.25, -0.2) is 0 Å². The second kappa shape index (κ2) is 3.80. The van der Waals surface area contributed by atoms with Gasteiger partial charge < -0.3 is 10.8 Å². The molecule has 0 bridgehead atoms. The third-order valence-corrected chi connectivity index (χ3v) is 1.49. The van der Waals surface area contributed by atoms with Crippen LogP contribution in [0.5, 0.6) is 0 Å². The molecular formula is C2H7NOS2. The van der Waals surface area contributed by atoms with E-state index in [2.05, 4.69) is 11.7 Å². The van der Waals surface area contributed by atoms with Crippen molar-refractivity contribution in [3.63, 3.8) is 0 Å². The number of nitrogens with two attached hydrogens (primary N) is 1. The molecule has 0 radical (unpaired) electrons. The van der Waals surface area contributed by atoms with Crippen molar-refractivity contribution in [1.29, 1.82) is 0 Å². The lowest BCUT2D eigenvalue weighted by atomic mass is 10.7. The van der Waals surface area contributed by atoms with Crippen molar-refractivity contribution < 1.29 is 5.11 Å². The van der Waals surface area contributed by atoms with Crippen molar-refractivity contribution in [2.24, 2.45) is 5.73 Å². The van der Waals surface area contributed by atoms with Crippen molar-refractivity contribution >= 4 is 22.5 Å². The zero-order valence-electron chi connectivity index (χ0n) is 3.16. The van der Waals surface area contributed by atoms with Crippen molar-refractivity contribution in [1.82, 2.24) is 0 Å². The maximum atomic E-state index is 8.43. The fourth-order valence-electron chi connectivity index (χ4n) is 0.0430. The molecule has 3 N–H and O–H groups in total. The van der Waals surface area contributed by atoms with E-state index in [4.69, 9.17) is 10.8 Å². The fraction of sp³-hybridized carbons (Fsp3) is 1.00. The molecule has 0 aromatic rings. The normalized spacial score (nSPS) is 14.5. The van der Waals surface area contributed by atoms with Crippen LogP contribution in [0.25, 0.3) is 0 Å². The fourth-order valence-corrected chi connectivity index (χ4v) is 0.387. The third kappa shape index (κ3) is 2.84. The first-order valence-electron chi connectivity index (χ1n) is 1.49. The lowest BCUT2D eigenvalue weighted by molar-refractivity contribution is 0.273. The number of hydrogen-bond acceptors (Lipinski definition) is 4. The van der Waals surface area contributed by atoms with Crippen molar-refractivity contribution in [2.75, 3.05) is 6.54 Å². The number of aliphatic hydroxyl groups is 1. The van der Waals surface area contributed by atoms with E-state index in [0.29, 0.717) is 0 Å². The van der Waals surface area contributed by atoms with Gasteiger partial charge in [0.05, 0.1) is 0 Å². The summed E-state index contributed by atoms with van der Waals surface area (Å²) >= 11 is 3.68. The summed E-state index contributed by atoms with van der Waals surface area (Å²) in [4.78, 5) is 0. The molecule has 1 atom stereocenters. The summed E-state index contributed by atoms with van der Waals surface area (Å²) in [5, 5.41) is 8.43. The predicted octanol–water partition coefficient (Wildman–Crippen LogP) is -0.158. The first-order chi connectivity index (χ1) is 2.81. The highest BCUT2D eigenvalue weighted by atomic mass is 33.1. The summed E-state index contributed by atoms with van der Waals surface area (Å²) in [5.74, 6) is 0. The molecule has 2 nitrogen and oxygen atoms in total. The Morgan fingerprint density at radius 1 is 2.00 bits per heavy atom. The minimum Gasteiger partial charge on any atom is -0.380 e. The van der Waals surface area contributed by atoms with Crippen LogP contribution in [0.15, 0.2) is 0 Å². The van der Waals surface area contributed by atoms with Crippen molar-refractivity contribution in [2.45, 2.75) is 5.44 Å². The van der Waals surface area contributed by atoms with E-state index in [-0.39, 0.29) is 6.54 Å². The number of rotatable bonds is 2. The first kappa shape index (κ1) is 6.62. The van der Waals surface area contributed by atoms with Crippen LogP contribution in [-0.2, 0) is 0 Å². The molecular weight excluding hydrogens is 118 g/mol. The lowest BCUT2D eigenvalue weighted by Crippen LogP contribution is -2.13. The highest BCUT2D eigenvalue weighted by Gasteiger charge is 1.92. The highest BCUT2D eigenvalue weighted by Crippen LogP contribution is 2.08. The van der Waals surface area contributed by atoms with Gasteiger partial charge >= 0.3 is 0 Å². The number of thiol groups is 1. The summed E-state index contributed by atoms with van der Waals surface area (Å²) in [5.41, 5.74) is 4.46. The molecule has 0 aliphatic rings. The van der Waals surface area contributed by atoms with Crippen LogP contribution < -0.4 is 5.73 Å². The summed E-state index contributed by atoms with van der Waals surface area (Å²) in [7, 11) is 1.05. The van der Waals surface area contributed by atoms with E-state index in [1.807, 2.05) is 0 Å². The average molecular weight is 125 g/mol. The van der Waals surface area contributed by atoms with Gasteiger partial charge in [0, 0.05) is 6.54 Å². The van der Waals surface area contributed by atoms with Gasteiger partial charge in [0.15, 0.2) is 0 Å². The van der Waals surface area contributed by atoms with E-state index >= 15 is 0 Å². The molecule has 0 rings (SSSR count). The maximum Gasteiger partial charge on any atom is 0.121 e. The van der Waals surface area contributed by atoms with Gasteiger partial charge in [-0.15, -0.1) is 11.7 Å². The van der Waals surface area contributed by atoms with Crippen LogP contribution >= 0.6 is 22.5 Å². The lowest BCUT2D eigenvalue weighted by Gasteiger charge is -1.96. The Labute approximate surface area is 45.9 Å². The van der Waals surface area contributed by atoms with E-state index < -0.39 is 5.44 Å². The Kier molecular flexibility index (Phi) is 4.19. The molecule has 0 amide bonds. The molecule has 0 aliphatic carbocycles. The molecule has 1 unspecified atom stereocenters. The SMILES string of the molecule is NCC(O)SS. The van der Waals surface area contributed by atoms with E-state index in [1.165, 1.54) is 0 Å². The van der Waals surface area contributed by atoms with Crippen LogP contribution in [0, 0.1) is 0 Å². The number of hydrogen-bond donors (Lipinski definition) is 3. The van der Waals surface area contributed by atoms with Crippen LogP contribution in [0.2, 0.25) is 0 Å². The van der Waals surface area contributed by atoms with Gasteiger partial charge in [-0.05, 0) is 0 Å². The smallest absolute Gasteiger partial charge is 0.121 e. The van der Waals surface area contributed by atoms with Crippen LogP contribution in [0.3, 0.4) is 0 Å². The third-order valence-electron chi connectivity index (χ3n) is 0.323. The zero-order chi connectivity index (χ0) is 4.99. The largest absolute Gasteiger partial charge is 0.380 e. The van der Waals surface area contributed by atoms with Gasteiger partial charge in [-0.1, -0.05) is 10.8 Å². The number of aliphatic hydroxyl groups excluding tert-OH is 1. The molecule has 0 saturated heterocycles. The van der Waals surface area contributed by atoms with E-state index in [0.717, 1.165) is 10.8 Å². The quantitative estimate of drug-likeness (QED) is 0.273. The van der Waals surface area contributed by atoms with Crippen LogP contribution in [-0.4, -0.2) is 17.1 Å². The minimum atomic E-state index is -0.506. The molecule has 38 valence electrons. The van der Waals surface area contributed by atoms with Gasteiger partial charge in [-0.3, -0.25) is 0 Å². The summed E-state index contributed by atoms with van der Waals surface area (Å²) in [6.45, 7) is 0.272. The summed E-state index contributed by atoms with van der Waals surface area (Å²) in [6.07, 6.45) is 0. The Morgan fingerprint density at radius 3 is 2.50 bits per heavy atom. The van der Waals surface area contributed by atoms with Crippen LogP contribution in [0.4, 0.5) is 0 Å². The molecule has 0 spiro atoms. The Balaban J connectivity index is 2.75. The summed E-state index contributed by atoms with van der Waals surface area (Å²) in [6, 6.07) is 0. The molecule has 4 heteroatoms. The van der Waals surface area contributed by atoms with Gasteiger partial charge in [0.2, 0.25) is 0 Å². The standard InChI is InChI=1S/C2H7NOS2/c3-1-2(4)6-5/h2,4-5H,1,3H2. The second-order valence-electron chi connectivity index (χ2n) is 0.796. The predicted molar refractivity (Wildman–Crippen MR) is 31.6 cm³/mol. The maximum absolute atomic E-state index is 8.43. The molecule has 0 fully saturated rings. The van der Waals surface area contributed by atoms with E-state index in [9.17, 15) is 0 Å². The zero-order valence-corrected chi connectivity index (χ0v) is 4.88. The van der Waals surface area contributed by atoms with Crippen molar-refractivity contribution in [3.05, 3.63) is 0 Å². The molecule has 0 heterocycles. The second-order valence-corrected chi connectivity index (χ2v) is 2.18. The molecule has 0 saturated carbocycles. The average Bonchev–Trinajstić information content (AvgIpc) is 1.65. The summed E-state index contributed by atoms with van der Waals surface area (Å²) < 4.78 is 0. The minimum absolute atomic E-state index is 0.272. The van der Waals surface area contributed by atoms with E-state index in [1.54, 1.807) is 0 Å². The monoisotopic (exact) mass is 125 g/mol. The molecule has 0 aliphatic heterocycles. The van der Waals surface area contributed by atoms with Gasteiger partial charge in [0.25, 0.3) is 0 Å². The van der Waals surface area contributed by atoms with Gasteiger partial charge in [0.1, 0.15) is 5.44 Å². The highest BCUT2D eigenvalue weighted by molar-refractivity contribution is 8.68. The first-order valence-corrected chi connectivity index (χ1v) is 3.42. The Hall–Kier alpha value is 0.620. The Morgan fingerprint density at radius 2 is 2.50 bits per heavy atom. The molecule has 6 heavy (non-hydrogen) atoms. The van der Waals surface area contributed by atoms with Gasteiger partial charge in [-0.2, -0.15) is 0 Å².